The average molecular weight is 228 g/mol. The number of nitrogens with one attached hydrogen (secondary N) is 1. The van der Waals surface area contributed by atoms with Crippen molar-refractivity contribution < 1.29 is 0 Å². The van der Waals surface area contributed by atoms with Gasteiger partial charge in [-0.15, -0.1) is 0 Å². The van der Waals surface area contributed by atoms with E-state index >= 15 is 0 Å². The Labute approximate surface area is 100 Å². The average Bonchev–Trinajstić information content (AvgIpc) is 2.79. The van der Waals surface area contributed by atoms with E-state index in [1.54, 1.807) is 0 Å². The summed E-state index contributed by atoms with van der Waals surface area (Å²) in [6.07, 6.45) is 4.89. The van der Waals surface area contributed by atoms with Crippen LogP contribution in [0.1, 0.15) is 23.6 Å². The number of benzene rings is 1. The van der Waals surface area contributed by atoms with Crippen molar-refractivity contribution in [3.63, 3.8) is 0 Å². The van der Waals surface area contributed by atoms with Crippen molar-refractivity contribution in [3.8, 4) is 0 Å². The van der Waals surface area contributed by atoms with Crippen LogP contribution < -0.4 is 11.1 Å². The van der Waals surface area contributed by atoms with Crippen LogP contribution in [0.4, 0.5) is 11.6 Å². The summed E-state index contributed by atoms with van der Waals surface area (Å²) in [5.74, 6) is 0.945. The van der Waals surface area contributed by atoms with Gasteiger partial charge in [-0.3, -0.25) is 0 Å². The summed E-state index contributed by atoms with van der Waals surface area (Å²) in [6.45, 7) is 3.03. The molecule has 0 fully saturated rings. The van der Waals surface area contributed by atoms with Gasteiger partial charge in [0.2, 0.25) is 5.95 Å². The largest absolute Gasteiger partial charge is 0.399 e. The molecule has 17 heavy (non-hydrogen) atoms. The van der Waals surface area contributed by atoms with E-state index in [1.165, 1.54) is 5.56 Å². The molecule has 0 radical (unpaired) electrons. The van der Waals surface area contributed by atoms with Crippen molar-refractivity contribution in [1.29, 1.82) is 0 Å². The van der Waals surface area contributed by atoms with Crippen molar-refractivity contribution in [2.45, 2.75) is 25.9 Å². The highest BCUT2D eigenvalue weighted by Gasteiger charge is 2.19. The van der Waals surface area contributed by atoms with Crippen LogP contribution in [0, 0.1) is 6.92 Å². The zero-order valence-electron chi connectivity index (χ0n) is 9.85. The summed E-state index contributed by atoms with van der Waals surface area (Å²) in [6, 6.07) is 6.59. The molecule has 2 aromatic rings. The van der Waals surface area contributed by atoms with E-state index in [4.69, 9.17) is 5.73 Å². The number of imidazole rings is 1. The van der Waals surface area contributed by atoms with Gasteiger partial charge in [0.15, 0.2) is 0 Å². The van der Waals surface area contributed by atoms with Crippen molar-refractivity contribution in [3.05, 3.63) is 41.7 Å². The molecule has 1 aliphatic rings. The molecular formula is C13H16N4. The van der Waals surface area contributed by atoms with Crippen LogP contribution in [0.2, 0.25) is 0 Å². The lowest BCUT2D eigenvalue weighted by molar-refractivity contribution is 0.542. The minimum absolute atomic E-state index is 0.313. The van der Waals surface area contributed by atoms with Gasteiger partial charge in [0.1, 0.15) is 0 Å². The standard InChI is InChI=1S/C13H16N4/c1-9-2-3-10(8-11(9)14)12-4-6-17-7-5-15-13(17)16-12/h2-3,5,7-8,12H,4,6,14H2,1H3,(H,15,16). The monoisotopic (exact) mass is 228 g/mol. The Bertz CT molecular complexity index is 544. The maximum atomic E-state index is 5.95. The number of aromatic nitrogens is 2. The zero-order valence-corrected chi connectivity index (χ0v) is 9.85. The molecule has 1 unspecified atom stereocenters. The molecule has 0 saturated carbocycles. The number of fused-ring (bicyclic) bond motifs is 1. The Hall–Kier alpha value is -1.97. The van der Waals surface area contributed by atoms with Crippen molar-refractivity contribution in [2.75, 3.05) is 11.1 Å². The van der Waals surface area contributed by atoms with Crippen molar-refractivity contribution in [1.82, 2.24) is 9.55 Å². The molecule has 4 heteroatoms. The number of nitrogens with two attached hydrogens (primary N) is 1. The molecule has 0 amide bonds. The number of nitrogens with zero attached hydrogens (tertiary/aromatic N) is 2. The summed E-state index contributed by atoms with van der Waals surface area (Å²) in [4.78, 5) is 4.29. The van der Waals surface area contributed by atoms with Gasteiger partial charge in [-0.05, 0) is 30.5 Å². The third-order valence-electron chi connectivity index (χ3n) is 3.38. The predicted octanol–water partition coefficient (Wildman–Crippen LogP) is 2.33. The van der Waals surface area contributed by atoms with Crippen LogP contribution >= 0.6 is 0 Å². The van der Waals surface area contributed by atoms with E-state index < -0.39 is 0 Å². The number of nitrogen functional groups attached to an aromatic ring is 1. The van der Waals surface area contributed by atoms with Crippen molar-refractivity contribution >= 4 is 11.6 Å². The molecule has 1 aliphatic heterocycles. The fraction of sp³-hybridized carbons (Fsp3) is 0.308. The van der Waals surface area contributed by atoms with Crippen LogP contribution in [-0.4, -0.2) is 9.55 Å². The molecule has 3 rings (SSSR count). The predicted molar refractivity (Wildman–Crippen MR) is 68.8 cm³/mol. The second kappa shape index (κ2) is 3.80. The number of aryl methyl sites for hydroxylation is 2. The van der Waals surface area contributed by atoms with Gasteiger partial charge in [-0.2, -0.15) is 0 Å². The first-order chi connectivity index (χ1) is 8.24. The second-order valence-electron chi connectivity index (χ2n) is 4.55. The van der Waals surface area contributed by atoms with E-state index in [2.05, 4.69) is 33.1 Å². The normalized spacial score (nSPS) is 18.5. The number of rotatable bonds is 1. The van der Waals surface area contributed by atoms with E-state index in [0.717, 1.165) is 30.2 Å². The third-order valence-corrected chi connectivity index (χ3v) is 3.38. The van der Waals surface area contributed by atoms with Gasteiger partial charge in [-0.1, -0.05) is 12.1 Å². The molecular weight excluding hydrogens is 212 g/mol. The number of hydrogen-bond donors (Lipinski definition) is 2. The van der Waals surface area contributed by atoms with Crippen LogP contribution in [0.3, 0.4) is 0 Å². The number of hydrogen-bond acceptors (Lipinski definition) is 3. The SMILES string of the molecule is Cc1ccc(C2CCn3ccnc3N2)cc1N. The maximum absolute atomic E-state index is 5.95. The first-order valence-corrected chi connectivity index (χ1v) is 5.88. The molecule has 88 valence electrons. The summed E-state index contributed by atoms with van der Waals surface area (Å²) >= 11 is 0. The smallest absolute Gasteiger partial charge is 0.203 e. The quantitative estimate of drug-likeness (QED) is 0.736. The summed E-state index contributed by atoms with van der Waals surface area (Å²) in [7, 11) is 0. The fourth-order valence-electron chi connectivity index (χ4n) is 2.25. The molecule has 0 aliphatic carbocycles. The minimum Gasteiger partial charge on any atom is -0.399 e. The van der Waals surface area contributed by atoms with Gasteiger partial charge >= 0.3 is 0 Å². The maximum Gasteiger partial charge on any atom is 0.203 e. The molecule has 3 N–H and O–H groups in total. The third kappa shape index (κ3) is 1.75. The van der Waals surface area contributed by atoms with Crippen LogP contribution in [0.5, 0.6) is 0 Å². The lowest BCUT2D eigenvalue weighted by Gasteiger charge is -2.26. The van der Waals surface area contributed by atoms with Crippen molar-refractivity contribution in [2.24, 2.45) is 0 Å². The molecule has 0 spiro atoms. The summed E-state index contributed by atoms with van der Waals surface area (Å²) in [5, 5.41) is 3.44. The lowest BCUT2D eigenvalue weighted by Crippen LogP contribution is -2.22. The Morgan fingerprint density at radius 2 is 2.35 bits per heavy atom. The van der Waals surface area contributed by atoms with Gasteiger partial charge in [0.25, 0.3) is 0 Å². The first kappa shape index (κ1) is 10.2. The van der Waals surface area contributed by atoms with Crippen LogP contribution in [-0.2, 0) is 6.54 Å². The number of anilines is 2. The highest BCUT2D eigenvalue weighted by atomic mass is 15.2. The molecule has 0 bridgehead atoms. The fourth-order valence-corrected chi connectivity index (χ4v) is 2.25. The second-order valence-corrected chi connectivity index (χ2v) is 4.55. The summed E-state index contributed by atoms with van der Waals surface area (Å²) < 4.78 is 2.13. The Morgan fingerprint density at radius 1 is 1.47 bits per heavy atom. The molecule has 2 heterocycles. The minimum atomic E-state index is 0.313. The van der Waals surface area contributed by atoms with Crippen LogP contribution in [0.15, 0.2) is 30.6 Å². The van der Waals surface area contributed by atoms with Gasteiger partial charge in [-0.25, -0.2) is 4.98 Å². The molecule has 1 atom stereocenters. The summed E-state index contributed by atoms with van der Waals surface area (Å²) in [5.41, 5.74) is 9.18. The molecule has 1 aromatic heterocycles. The van der Waals surface area contributed by atoms with Gasteiger partial charge < -0.3 is 15.6 Å². The highest BCUT2D eigenvalue weighted by Crippen LogP contribution is 2.29. The Kier molecular flexibility index (Phi) is 2.28. The Morgan fingerprint density at radius 3 is 3.18 bits per heavy atom. The van der Waals surface area contributed by atoms with E-state index in [0.29, 0.717) is 6.04 Å². The van der Waals surface area contributed by atoms with E-state index in [9.17, 15) is 0 Å². The lowest BCUT2D eigenvalue weighted by atomic mass is 10.0. The highest BCUT2D eigenvalue weighted by molar-refractivity contribution is 5.50. The molecule has 1 aromatic carbocycles. The van der Waals surface area contributed by atoms with E-state index in [1.807, 2.05) is 19.3 Å². The first-order valence-electron chi connectivity index (χ1n) is 5.88. The van der Waals surface area contributed by atoms with Crippen LogP contribution in [0.25, 0.3) is 0 Å². The molecule has 0 saturated heterocycles. The van der Waals surface area contributed by atoms with Gasteiger partial charge in [0, 0.05) is 24.6 Å². The Balaban J connectivity index is 1.89. The van der Waals surface area contributed by atoms with Gasteiger partial charge in [0.05, 0.1) is 6.04 Å². The molecule has 4 nitrogen and oxygen atoms in total. The topological polar surface area (TPSA) is 55.9 Å². The van der Waals surface area contributed by atoms with E-state index in [-0.39, 0.29) is 0 Å². The zero-order chi connectivity index (χ0) is 11.8.